The van der Waals surface area contributed by atoms with Crippen LogP contribution in [0.1, 0.15) is 16.5 Å². The molecule has 0 bridgehead atoms. The van der Waals surface area contributed by atoms with Gasteiger partial charge in [-0.1, -0.05) is 54.6 Å². The van der Waals surface area contributed by atoms with E-state index in [2.05, 4.69) is 42.5 Å². The third-order valence-electron chi connectivity index (χ3n) is 3.79. The van der Waals surface area contributed by atoms with Gasteiger partial charge in [-0.15, -0.1) is 11.3 Å². The van der Waals surface area contributed by atoms with E-state index in [1.807, 2.05) is 30.3 Å². The molecule has 0 fully saturated rings. The van der Waals surface area contributed by atoms with Gasteiger partial charge >= 0.3 is 0 Å². The van der Waals surface area contributed by atoms with E-state index in [0.717, 1.165) is 10.4 Å². The number of fused-ring (bicyclic) bond motifs is 2. The number of thiophene rings is 1. The molecule has 2 heteroatoms. The highest BCUT2D eigenvalue weighted by Crippen LogP contribution is 2.35. The van der Waals surface area contributed by atoms with Crippen molar-refractivity contribution in [2.24, 2.45) is 0 Å². The molecule has 1 unspecified atom stereocenters. The predicted octanol–water partition coefficient (Wildman–Crippen LogP) is 5.14. The summed E-state index contributed by atoms with van der Waals surface area (Å²) in [6.07, 6.45) is -0.549. The maximum Gasteiger partial charge on any atom is 0.113 e. The Morgan fingerprint density at radius 1 is 0.714 bits per heavy atom. The lowest BCUT2D eigenvalue weighted by molar-refractivity contribution is 0.224. The molecule has 102 valence electrons. The minimum atomic E-state index is -0.549. The molecule has 1 heterocycles. The Bertz CT molecular complexity index is 856. The van der Waals surface area contributed by atoms with Crippen molar-refractivity contribution in [1.82, 2.24) is 0 Å². The first kappa shape index (κ1) is 12.6. The Balaban J connectivity index is 1.85. The second-order valence-electron chi connectivity index (χ2n) is 5.20. The Kier molecular flexibility index (Phi) is 2.99. The first-order chi connectivity index (χ1) is 10.3. The second-order valence-corrected chi connectivity index (χ2v) is 6.31. The number of aliphatic hydroxyl groups is 1. The molecule has 0 amide bonds. The Hall–Kier alpha value is -2.16. The highest BCUT2D eigenvalue weighted by atomic mass is 32.1. The van der Waals surface area contributed by atoms with Crippen molar-refractivity contribution in [3.63, 3.8) is 0 Å². The van der Waals surface area contributed by atoms with E-state index in [1.165, 1.54) is 20.9 Å². The summed E-state index contributed by atoms with van der Waals surface area (Å²) in [6, 6.07) is 24.7. The van der Waals surface area contributed by atoms with Gasteiger partial charge < -0.3 is 5.11 Å². The Morgan fingerprint density at radius 2 is 1.38 bits per heavy atom. The van der Waals surface area contributed by atoms with Crippen LogP contribution in [0, 0.1) is 0 Å². The molecule has 0 radical (unpaired) electrons. The van der Waals surface area contributed by atoms with E-state index < -0.39 is 6.10 Å². The van der Waals surface area contributed by atoms with Gasteiger partial charge in [-0.3, -0.25) is 0 Å². The normalized spacial score (nSPS) is 12.8. The van der Waals surface area contributed by atoms with Crippen LogP contribution in [0.5, 0.6) is 0 Å². The van der Waals surface area contributed by atoms with Crippen LogP contribution < -0.4 is 0 Å². The van der Waals surface area contributed by atoms with Gasteiger partial charge in [0.15, 0.2) is 0 Å². The van der Waals surface area contributed by atoms with Crippen LogP contribution in [0.2, 0.25) is 0 Å². The molecule has 0 saturated heterocycles. The van der Waals surface area contributed by atoms with Crippen LogP contribution in [-0.2, 0) is 0 Å². The van der Waals surface area contributed by atoms with Crippen LogP contribution in [-0.4, -0.2) is 5.11 Å². The maximum atomic E-state index is 10.5. The molecule has 0 aliphatic carbocycles. The quantitative estimate of drug-likeness (QED) is 0.542. The Labute approximate surface area is 127 Å². The molecule has 1 atom stereocenters. The third-order valence-corrected chi connectivity index (χ3v) is 4.94. The minimum Gasteiger partial charge on any atom is -0.383 e. The molecule has 21 heavy (non-hydrogen) atoms. The van der Waals surface area contributed by atoms with E-state index in [4.69, 9.17) is 0 Å². The van der Waals surface area contributed by atoms with Crippen molar-refractivity contribution in [2.75, 3.05) is 0 Å². The summed E-state index contributed by atoms with van der Waals surface area (Å²) in [5.41, 5.74) is 0.939. The zero-order valence-electron chi connectivity index (χ0n) is 11.4. The third kappa shape index (κ3) is 2.23. The second kappa shape index (κ2) is 4.99. The minimum absolute atomic E-state index is 0.549. The lowest BCUT2D eigenvalue weighted by Crippen LogP contribution is -1.95. The number of hydrogen-bond acceptors (Lipinski definition) is 2. The number of aliphatic hydroxyl groups excluding tert-OH is 1. The fraction of sp³-hybridized carbons (Fsp3) is 0.0526. The summed E-state index contributed by atoms with van der Waals surface area (Å²) < 4.78 is 1.22. The average Bonchev–Trinajstić information content (AvgIpc) is 2.95. The first-order valence-electron chi connectivity index (χ1n) is 6.96. The van der Waals surface area contributed by atoms with Crippen LogP contribution in [0.4, 0.5) is 0 Å². The zero-order chi connectivity index (χ0) is 14.2. The van der Waals surface area contributed by atoms with Crippen molar-refractivity contribution in [1.29, 1.82) is 0 Å². The molecule has 0 aliphatic rings. The predicted molar refractivity (Wildman–Crippen MR) is 89.8 cm³/mol. The summed E-state index contributed by atoms with van der Waals surface area (Å²) in [5, 5.41) is 14.2. The standard InChI is InChI=1S/C19H14OS/c20-19(13-6-2-1-3-7-13)18-12-16-10-14-8-4-5-9-15(14)11-17(16)21-18/h1-12,19-20H. The van der Waals surface area contributed by atoms with Gasteiger partial charge in [0.25, 0.3) is 0 Å². The van der Waals surface area contributed by atoms with E-state index in [-0.39, 0.29) is 0 Å². The lowest BCUT2D eigenvalue weighted by Gasteiger charge is -2.07. The van der Waals surface area contributed by atoms with Gasteiger partial charge in [0, 0.05) is 9.58 Å². The lowest BCUT2D eigenvalue weighted by atomic mass is 10.1. The smallest absolute Gasteiger partial charge is 0.113 e. The van der Waals surface area contributed by atoms with Gasteiger partial charge in [-0.05, 0) is 39.9 Å². The number of hydrogen-bond donors (Lipinski definition) is 1. The summed E-state index contributed by atoms with van der Waals surface area (Å²) in [4.78, 5) is 0.992. The molecule has 0 aliphatic heterocycles. The number of rotatable bonds is 2. The highest BCUT2D eigenvalue weighted by molar-refractivity contribution is 7.19. The summed E-state index contributed by atoms with van der Waals surface area (Å²) in [6.45, 7) is 0. The van der Waals surface area contributed by atoms with Crippen LogP contribution in [0.25, 0.3) is 20.9 Å². The van der Waals surface area contributed by atoms with Crippen molar-refractivity contribution < 1.29 is 5.11 Å². The van der Waals surface area contributed by atoms with Gasteiger partial charge in [-0.25, -0.2) is 0 Å². The highest BCUT2D eigenvalue weighted by Gasteiger charge is 2.13. The van der Waals surface area contributed by atoms with E-state index in [0.29, 0.717) is 0 Å². The molecular formula is C19H14OS. The molecular weight excluding hydrogens is 276 g/mol. The molecule has 1 nitrogen and oxygen atoms in total. The maximum absolute atomic E-state index is 10.5. The molecule has 1 aromatic heterocycles. The van der Waals surface area contributed by atoms with Crippen molar-refractivity contribution in [2.45, 2.75) is 6.10 Å². The van der Waals surface area contributed by atoms with Crippen molar-refractivity contribution in [3.05, 3.63) is 83.2 Å². The van der Waals surface area contributed by atoms with Gasteiger partial charge in [-0.2, -0.15) is 0 Å². The van der Waals surface area contributed by atoms with E-state index in [9.17, 15) is 5.11 Å². The van der Waals surface area contributed by atoms with Crippen LogP contribution in [0.15, 0.2) is 72.8 Å². The summed E-state index contributed by atoms with van der Waals surface area (Å²) >= 11 is 1.67. The first-order valence-corrected chi connectivity index (χ1v) is 7.78. The SMILES string of the molecule is OC(c1ccccc1)c1cc2cc3ccccc3cc2s1. The summed E-state index contributed by atoms with van der Waals surface area (Å²) in [5.74, 6) is 0. The summed E-state index contributed by atoms with van der Waals surface area (Å²) in [7, 11) is 0. The van der Waals surface area contributed by atoms with Gasteiger partial charge in [0.05, 0.1) is 0 Å². The van der Waals surface area contributed by atoms with E-state index in [1.54, 1.807) is 11.3 Å². The molecule has 1 N–H and O–H groups in total. The molecule has 0 saturated carbocycles. The molecule has 4 rings (SSSR count). The monoisotopic (exact) mass is 290 g/mol. The van der Waals surface area contributed by atoms with Crippen LogP contribution >= 0.6 is 11.3 Å². The molecule has 4 aromatic rings. The fourth-order valence-corrected chi connectivity index (χ4v) is 3.79. The number of benzene rings is 3. The topological polar surface area (TPSA) is 20.2 Å². The molecule has 0 spiro atoms. The van der Waals surface area contributed by atoms with Crippen molar-refractivity contribution >= 4 is 32.2 Å². The van der Waals surface area contributed by atoms with E-state index >= 15 is 0 Å². The Morgan fingerprint density at radius 3 is 2.14 bits per heavy atom. The molecule has 3 aromatic carbocycles. The zero-order valence-corrected chi connectivity index (χ0v) is 12.2. The fourth-order valence-electron chi connectivity index (χ4n) is 2.68. The van der Waals surface area contributed by atoms with Crippen LogP contribution in [0.3, 0.4) is 0 Å². The average molecular weight is 290 g/mol. The van der Waals surface area contributed by atoms with Crippen molar-refractivity contribution in [3.8, 4) is 0 Å². The van der Waals surface area contributed by atoms with Gasteiger partial charge in [0.2, 0.25) is 0 Å². The van der Waals surface area contributed by atoms with Gasteiger partial charge in [0.1, 0.15) is 6.10 Å². The largest absolute Gasteiger partial charge is 0.383 e.